The number of non-ortho nitro benzene ring substituents is 1. The Labute approximate surface area is 204 Å². The molecule has 1 amide bonds. The molecule has 1 N–H and O–H groups in total. The lowest BCUT2D eigenvalue weighted by molar-refractivity contribution is -0.384. The number of nitro benzene ring substituents is 1. The van der Waals surface area contributed by atoms with Gasteiger partial charge in [-0.05, 0) is 36.0 Å². The molecular weight excluding hydrogens is 448 g/mol. The molecule has 35 heavy (non-hydrogen) atoms. The molecule has 0 radical (unpaired) electrons. The predicted molar refractivity (Wildman–Crippen MR) is 131 cm³/mol. The van der Waals surface area contributed by atoms with Crippen LogP contribution in [0, 0.1) is 10.1 Å². The molecule has 0 aliphatic rings. The van der Waals surface area contributed by atoms with E-state index >= 15 is 0 Å². The maximum absolute atomic E-state index is 12.7. The summed E-state index contributed by atoms with van der Waals surface area (Å²) in [5.41, 5.74) is 2.78. The highest BCUT2D eigenvalue weighted by Crippen LogP contribution is 2.14. The van der Waals surface area contributed by atoms with Crippen LogP contribution in [0.15, 0.2) is 84.9 Å². The number of hydrogen-bond acceptors (Lipinski definition) is 6. The highest BCUT2D eigenvalue weighted by molar-refractivity contribution is 5.81. The van der Waals surface area contributed by atoms with E-state index in [0.717, 1.165) is 23.1 Å². The van der Waals surface area contributed by atoms with Crippen LogP contribution in [-0.2, 0) is 33.7 Å². The minimum atomic E-state index is -0.881. The lowest BCUT2D eigenvalue weighted by Crippen LogP contribution is -2.43. The lowest BCUT2D eigenvalue weighted by Gasteiger charge is -2.18. The number of unbranched alkanes of at least 4 members (excludes halogenated alkanes) is 1. The number of hydrogen-bond donors (Lipinski definition) is 1. The number of esters is 1. The number of ether oxygens (including phenoxy) is 2. The maximum Gasteiger partial charge on any atom is 0.407 e. The summed E-state index contributed by atoms with van der Waals surface area (Å²) >= 11 is 0. The van der Waals surface area contributed by atoms with Gasteiger partial charge in [-0.1, -0.05) is 72.8 Å². The molecule has 0 saturated heterocycles. The first-order chi connectivity index (χ1) is 17.0. The number of aryl methyl sites for hydroxylation is 1. The molecule has 0 heterocycles. The van der Waals surface area contributed by atoms with Crippen molar-refractivity contribution in [2.45, 2.75) is 38.3 Å². The highest BCUT2D eigenvalue weighted by Gasteiger charge is 2.23. The van der Waals surface area contributed by atoms with Crippen LogP contribution in [-0.4, -0.2) is 29.6 Å². The van der Waals surface area contributed by atoms with E-state index in [2.05, 4.69) is 5.32 Å². The third-order valence-corrected chi connectivity index (χ3v) is 5.32. The van der Waals surface area contributed by atoms with E-state index in [9.17, 15) is 19.7 Å². The van der Waals surface area contributed by atoms with Gasteiger partial charge in [-0.2, -0.15) is 0 Å². The molecule has 0 spiro atoms. The average molecular weight is 477 g/mol. The topological polar surface area (TPSA) is 108 Å². The molecule has 1 atom stereocenters. The van der Waals surface area contributed by atoms with E-state index < -0.39 is 23.0 Å². The second-order valence-electron chi connectivity index (χ2n) is 8.00. The quantitative estimate of drug-likeness (QED) is 0.171. The fourth-order valence-electron chi connectivity index (χ4n) is 3.44. The Bertz CT molecular complexity index is 1090. The van der Waals surface area contributed by atoms with E-state index in [1.54, 1.807) is 12.1 Å². The van der Waals surface area contributed by atoms with Crippen LogP contribution in [0.3, 0.4) is 0 Å². The monoisotopic (exact) mass is 476 g/mol. The minimum Gasteiger partial charge on any atom is -0.459 e. The molecule has 0 saturated carbocycles. The van der Waals surface area contributed by atoms with Crippen molar-refractivity contribution in [2.75, 3.05) is 6.61 Å². The summed E-state index contributed by atoms with van der Waals surface area (Å²) in [7, 11) is 0. The van der Waals surface area contributed by atoms with E-state index in [-0.39, 0.29) is 25.3 Å². The zero-order valence-corrected chi connectivity index (χ0v) is 19.3. The van der Waals surface area contributed by atoms with E-state index in [1.807, 2.05) is 60.7 Å². The Morgan fingerprint density at radius 2 is 1.43 bits per heavy atom. The van der Waals surface area contributed by atoms with Gasteiger partial charge in [0.15, 0.2) is 0 Å². The van der Waals surface area contributed by atoms with Gasteiger partial charge in [0.2, 0.25) is 0 Å². The molecule has 0 bridgehead atoms. The zero-order chi connectivity index (χ0) is 24.9. The SMILES string of the molecule is O=C(NC(Cc1ccccc1)C(=O)OCc1ccccc1)OCCCCc1ccc([N+](=O)[O-])cc1. The number of nitrogens with zero attached hydrogens (tertiary/aromatic N) is 1. The lowest BCUT2D eigenvalue weighted by atomic mass is 10.1. The highest BCUT2D eigenvalue weighted by atomic mass is 16.6. The first kappa shape index (κ1) is 25.4. The van der Waals surface area contributed by atoms with Gasteiger partial charge in [-0.15, -0.1) is 0 Å². The summed E-state index contributed by atoms with van der Waals surface area (Å²) < 4.78 is 10.7. The molecule has 1 unspecified atom stereocenters. The summed E-state index contributed by atoms with van der Waals surface area (Å²) in [4.78, 5) is 35.4. The fraction of sp³-hybridized carbons (Fsp3) is 0.259. The van der Waals surface area contributed by atoms with E-state index in [1.165, 1.54) is 12.1 Å². The zero-order valence-electron chi connectivity index (χ0n) is 19.3. The summed E-state index contributed by atoms with van der Waals surface area (Å²) in [5, 5.41) is 13.3. The standard InChI is InChI=1S/C27H28N2O6/c30-26(35-20-23-12-5-2-6-13-23)25(19-22-10-3-1-4-11-22)28-27(31)34-18-8-7-9-21-14-16-24(17-15-21)29(32)33/h1-6,10-17,25H,7-9,18-20H2,(H,28,31). The van der Waals surface area contributed by atoms with Gasteiger partial charge in [-0.3, -0.25) is 10.1 Å². The first-order valence-corrected chi connectivity index (χ1v) is 11.4. The normalized spacial score (nSPS) is 11.3. The Balaban J connectivity index is 1.45. The molecule has 0 aliphatic carbocycles. The predicted octanol–water partition coefficient (Wildman–Crippen LogP) is 5.00. The maximum atomic E-state index is 12.7. The van der Waals surface area contributed by atoms with Gasteiger partial charge < -0.3 is 14.8 Å². The van der Waals surface area contributed by atoms with Gasteiger partial charge in [0.1, 0.15) is 12.6 Å². The van der Waals surface area contributed by atoms with Crippen LogP contribution in [0.25, 0.3) is 0 Å². The van der Waals surface area contributed by atoms with Crippen LogP contribution in [0.5, 0.6) is 0 Å². The summed E-state index contributed by atoms with van der Waals surface area (Å²) in [6.45, 7) is 0.306. The van der Waals surface area contributed by atoms with Crippen molar-refractivity contribution in [1.82, 2.24) is 5.32 Å². The molecular formula is C27H28N2O6. The summed E-state index contributed by atoms with van der Waals surface area (Å²) in [5.74, 6) is -0.534. The van der Waals surface area contributed by atoms with Gasteiger partial charge in [0, 0.05) is 18.6 Å². The molecule has 3 rings (SSSR count). The number of amides is 1. The minimum absolute atomic E-state index is 0.0566. The van der Waals surface area contributed by atoms with Crippen LogP contribution < -0.4 is 5.32 Å². The van der Waals surface area contributed by atoms with Crippen LogP contribution in [0.4, 0.5) is 10.5 Å². The number of nitro groups is 1. The van der Waals surface area contributed by atoms with Gasteiger partial charge in [0.05, 0.1) is 11.5 Å². The Kier molecular flexibility index (Phi) is 9.80. The molecule has 8 heteroatoms. The molecule has 182 valence electrons. The number of alkyl carbamates (subject to hydrolysis) is 1. The van der Waals surface area contributed by atoms with Crippen molar-refractivity contribution in [3.05, 3.63) is 112 Å². The molecule has 0 aliphatic heterocycles. The number of rotatable bonds is 12. The van der Waals surface area contributed by atoms with Crippen molar-refractivity contribution in [2.24, 2.45) is 0 Å². The van der Waals surface area contributed by atoms with Crippen molar-refractivity contribution in [3.8, 4) is 0 Å². The first-order valence-electron chi connectivity index (χ1n) is 11.4. The van der Waals surface area contributed by atoms with Crippen LogP contribution in [0.1, 0.15) is 29.5 Å². The third kappa shape index (κ3) is 8.92. The van der Waals surface area contributed by atoms with E-state index in [4.69, 9.17) is 9.47 Å². The van der Waals surface area contributed by atoms with Gasteiger partial charge in [0.25, 0.3) is 5.69 Å². The average Bonchev–Trinajstić information content (AvgIpc) is 2.88. The Hall–Kier alpha value is -4.20. The van der Waals surface area contributed by atoms with Gasteiger partial charge >= 0.3 is 12.1 Å². The fourth-order valence-corrected chi connectivity index (χ4v) is 3.44. The van der Waals surface area contributed by atoms with Crippen molar-refractivity contribution < 1.29 is 24.0 Å². The number of carbonyl (C=O) groups excluding carboxylic acids is 2. The third-order valence-electron chi connectivity index (χ3n) is 5.32. The Morgan fingerprint density at radius 3 is 2.06 bits per heavy atom. The second kappa shape index (κ2) is 13.5. The number of carbonyl (C=O) groups is 2. The van der Waals surface area contributed by atoms with Crippen molar-refractivity contribution in [1.29, 1.82) is 0 Å². The smallest absolute Gasteiger partial charge is 0.407 e. The Morgan fingerprint density at radius 1 is 0.800 bits per heavy atom. The van der Waals surface area contributed by atoms with Gasteiger partial charge in [-0.25, -0.2) is 9.59 Å². The van der Waals surface area contributed by atoms with Crippen LogP contribution in [0.2, 0.25) is 0 Å². The van der Waals surface area contributed by atoms with Crippen molar-refractivity contribution in [3.63, 3.8) is 0 Å². The summed E-state index contributed by atoms with van der Waals surface area (Å²) in [6, 6.07) is 24.2. The summed E-state index contributed by atoms with van der Waals surface area (Å²) in [6.07, 6.45) is 1.68. The van der Waals surface area contributed by atoms with Crippen molar-refractivity contribution >= 4 is 17.7 Å². The number of nitrogens with one attached hydrogen (secondary N) is 1. The second-order valence-corrected chi connectivity index (χ2v) is 8.00. The largest absolute Gasteiger partial charge is 0.459 e. The molecule has 8 nitrogen and oxygen atoms in total. The molecule has 0 aromatic heterocycles. The molecule has 0 fully saturated rings. The molecule has 3 aromatic carbocycles. The number of benzene rings is 3. The van der Waals surface area contributed by atoms with E-state index in [0.29, 0.717) is 12.8 Å². The van der Waals surface area contributed by atoms with Crippen LogP contribution >= 0.6 is 0 Å². The molecule has 3 aromatic rings.